The van der Waals surface area contributed by atoms with Crippen molar-refractivity contribution < 1.29 is 4.84 Å². The zero-order valence-electron chi connectivity index (χ0n) is 9.81. The molecule has 0 radical (unpaired) electrons. The molecule has 0 saturated carbocycles. The highest BCUT2D eigenvalue weighted by Gasteiger charge is 2.27. The van der Waals surface area contributed by atoms with Crippen LogP contribution in [0.4, 0.5) is 0 Å². The van der Waals surface area contributed by atoms with Crippen molar-refractivity contribution in [3.63, 3.8) is 0 Å². The van der Waals surface area contributed by atoms with Crippen LogP contribution in [0.2, 0.25) is 0 Å². The summed E-state index contributed by atoms with van der Waals surface area (Å²) in [6.45, 7) is 2.65. The predicted octanol–water partition coefficient (Wildman–Crippen LogP) is 3.30. The summed E-state index contributed by atoms with van der Waals surface area (Å²) < 4.78 is 0. The number of nitrogens with one attached hydrogen (secondary N) is 1. The van der Waals surface area contributed by atoms with Gasteiger partial charge in [0.15, 0.2) is 0 Å². The summed E-state index contributed by atoms with van der Waals surface area (Å²) in [5, 5.41) is 0. The van der Waals surface area contributed by atoms with Crippen molar-refractivity contribution in [1.29, 1.82) is 0 Å². The topological polar surface area (TPSA) is 21.3 Å². The van der Waals surface area contributed by atoms with Gasteiger partial charge in [0.1, 0.15) is 0 Å². The predicted molar refractivity (Wildman–Crippen MR) is 68.5 cm³/mol. The van der Waals surface area contributed by atoms with Crippen LogP contribution in [0.3, 0.4) is 0 Å². The molecule has 0 fully saturated rings. The maximum Gasteiger partial charge on any atom is 0.0833 e. The summed E-state index contributed by atoms with van der Waals surface area (Å²) in [5.41, 5.74) is 8.34. The lowest BCUT2D eigenvalue weighted by Gasteiger charge is -2.14. The Bertz CT molecular complexity index is 490. The molecule has 1 aliphatic rings. The minimum Gasteiger partial charge on any atom is -0.301 e. The lowest BCUT2D eigenvalue weighted by atomic mass is 10.1. The standard InChI is InChI=1S/C15H15NO/c1-2-17-16-15-13-9-5-3-7-11(13)12-8-4-6-10-14(12)15/h3-10,15-16H,2H2,1H3. The number of hydrogen-bond acceptors (Lipinski definition) is 2. The molecule has 86 valence electrons. The molecule has 3 rings (SSSR count). The lowest BCUT2D eigenvalue weighted by Crippen LogP contribution is -2.20. The maximum absolute atomic E-state index is 5.38. The molecule has 1 N–H and O–H groups in total. The van der Waals surface area contributed by atoms with Crippen LogP contribution in [0.5, 0.6) is 0 Å². The molecule has 0 spiro atoms. The highest BCUT2D eigenvalue weighted by molar-refractivity contribution is 5.78. The molecule has 0 unspecified atom stereocenters. The van der Waals surface area contributed by atoms with Gasteiger partial charge in [-0.3, -0.25) is 0 Å². The minimum absolute atomic E-state index is 0.155. The molecule has 17 heavy (non-hydrogen) atoms. The monoisotopic (exact) mass is 225 g/mol. The molecule has 2 nitrogen and oxygen atoms in total. The van der Waals surface area contributed by atoms with Gasteiger partial charge in [-0.25, -0.2) is 0 Å². The molecule has 2 heteroatoms. The quantitative estimate of drug-likeness (QED) is 0.809. The van der Waals surface area contributed by atoms with E-state index in [0.717, 1.165) is 0 Å². The van der Waals surface area contributed by atoms with E-state index in [1.54, 1.807) is 0 Å². The normalized spacial score (nSPS) is 13.5. The Morgan fingerprint density at radius 1 is 0.941 bits per heavy atom. The summed E-state index contributed by atoms with van der Waals surface area (Å²) >= 11 is 0. The Balaban J connectivity index is 2.10. The summed E-state index contributed by atoms with van der Waals surface area (Å²) in [5.74, 6) is 0. The molecule has 2 aromatic rings. The van der Waals surface area contributed by atoms with E-state index in [0.29, 0.717) is 6.61 Å². The van der Waals surface area contributed by atoms with Crippen molar-refractivity contribution in [3.05, 3.63) is 59.7 Å². The molecule has 0 heterocycles. The highest BCUT2D eigenvalue weighted by atomic mass is 16.6. The molecule has 0 amide bonds. The zero-order valence-corrected chi connectivity index (χ0v) is 9.81. The van der Waals surface area contributed by atoms with Gasteiger partial charge in [-0.1, -0.05) is 48.5 Å². The van der Waals surface area contributed by atoms with Crippen LogP contribution in [0, 0.1) is 0 Å². The van der Waals surface area contributed by atoms with Crippen molar-refractivity contribution in [2.24, 2.45) is 0 Å². The first-order valence-electron chi connectivity index (χ1n) is 5.97. The van der Waals surface area contributed by atoms with E-state index in [1.807, 2.05) is 6.92 Å². The van der Waals surface area contributed by atoms with Crippen LogP contribution < -0.4 is 5.48 Å². The van der Waals surface area contributed by atoms with E-state index in [-0.39, 0.29) is 6.04 Å². The van der Waals surface area contributed by atoms with Gasteiger partial charge >= 0.3 is 0 Å². The van der Waals surface area contributed by atoms with Gasteiger partial charge < -0.3 is 4.84 Å². The molecule has 0 bridgehead atoms. The molecule has 0 aliphatic heterocycles. The van der Waals surface area contributed by atoms with E-state index in [4.69, 9.17) is 4.84 Å². The van der Waals surface area contributed by atoms with Crippen LogP contribution in [0.25, 0.3) is 11.1 Å². The second-order valence-corrected chi connectivity index (χ2v) is 4.16. The molecular formula is C15H15NO. The summed E-state index contributed by atoms with van der Waals surface area (Å²) in [7, 11) is 0. The lowest BCUT2D eigenvalue weighted by molar-refractivity contribution is 0.0343. The van der Waals surface area contributed by atoms with E-state index >= 15 is 0 Å². The van der Waals surface area contributed by atoms with E-state index in [9.17, 15) is 0 Å². The molecule has 0 saturated heterocycles. The number of hydroxylamine groups is 1. The smallest absolute Gasteiger partial charge is 0.0833 e. The van der Waals surface area contributed by atoms with E-state index in [2.05, 4.69) is 54.0 Å². The Kier molecular flexibility index (Phi) is 2.67. The van der Waals surface area contributed by atoms with Crippen LogP contribution in [0.15, 0.2) is 48.5 Å². The number of fused-ring (bicyclic) bond motifs is 3. The van der Waals surface area contributed by atoms with Gasteiger partial charge in [0, 0.05) is 0 Å². The molecule has 2 aromatic carbocycles. The minimum atomic E-state index is 0.155. The second-order valence-electron chi connectivity index (χ2n) is 4.16. The first kappa shape index (κ1) is 10.5. The van der Waals surface area contributed by atoms with Gasteiger partial charge in [0.05, 0.1) is 12.6 Å². The third-order valence-electron chi connectivity index (χ3n) is 3.18. The largest absolute Gasteiger partial charge is 0.301 e. The SMILES string of the molecule is CCONC1c2ccccc2-c2ccccc21. The van der Waals surface area contributed by atoms with Gasteiger partial charge in [-0.2, -0.15) is 5.48 Å². The fourth-order valence-electron chi connectivity index (χ4n) is 2.45. The zero-order chi connectivity index (χ0) is 11.7. The van der Waals surface area contributed by atoms with Gasteiger partial charge in [-0.05, 0) is 29.2 Å². The first-order valence-corrected chi connectivity index (χ1v) is 5.97. The molecule has 1 aliphatic carbocycles. The Hall–Kier alpha value is -1.64. The van der Waals surface area contributed by atoms with Crippen LogP contribution in [-0.4, -0.2) is 6.61 Å². The number of hydrogen-bond donors (Lipinski definition) is 1. The molecule has 0 atom stereocenters. The summed E-state index contributed by atoms with van der Waals surface area (Å²) in [6, 6.07) is 17.1. The van der Waals surface area contributed by atoms with Gasteiger partial charge in [0.2, 0.25) is 0 Å². The Labute approximate surface area is 101 Å². The van der Waals surface area contributed by atoms with Crippen molar-refractivity contribution in [2.75, 3.05) is 6.61 Å². The molecule has 0 aromatic heterocycles. The Morgan fingerprint density at radius 2 is 1.47 bits per heavy atom. The van der Waals surface area contributed by atoms with Crippen molar-refractivity contribution in [2.45, 2.75) is 13.0 Å². The number of benzene rings is 2. The third kappa shape index (κ3) is 1.66. The average molecular weight is 225 g/mol. The maximum atomic E-state index is 5.38. The first-order chi connectivity index (χ1) is 8.42. The average Bonchev–Trinajstić information content (AvgIpc) is 2.71. The van der Waals surface area contributed by atoms with E-state index < -0.39 is 0 Å². The van der Waals surface area contributed by atoms with Crippen LogP contribution >= 0.6 is 0 Å². The summed E-state index contributed by atoms with van der Waals surface area (Å²) in [4.78, 5) is 5.38. The third-order valence-corrected chi connectivity index (χ3v) is 3.18. The van der Waals surface area contributed by atoms with Crippen molar-refractivity contribution >= 4 is 0 Å². The van der Waals surface area contributed by atoms with Gasteiger partial charge in [-0.15, -0.1) is 0 Å². The Morgan fingerprint density at radius 3 is 2.00 bits per heavy atom. The van der Waals surface area contributed by atoms with Crippen LogP contribution in [0.1, 0.15) is 24.1 Å². The molecular weight excluding hydrogens is 210 g/mol. The van der Waals surface area contributed by atoms with Gasteiger partial charge in [0.25, 0.3) is 0 Å². The van der Waals surface area contributed by atoms with E-state index in [1.165, 1.54) is 22.3 Å². The number of rotatable bonds is 3. The van der Waals surface area contributed by atoms with Crippen molar-refractivity contribution in [1.82, 2.24) is 5.48 Å². The van der Waals surface area contributed by atoms with Crippen LogP contribution in [-0.2, 0) is 4.84 Å². The van der Waals surface area contributed by atoms with Crippen molar-refractivity contribution in [3.8, 4) is 11.1 Å². The summed E-state index contributed by atoms with van der Waals surface area (Å²) in [6.07, 6.45) is 0. The fraction of sp³-hybridized carbons (Fsp3) is 0.200. The highest BCUT2D eigenvalue weighted by Crippen LogP contribution is 2.42. The second kappa shape index (κ2) is 4.32. The fourth-order valence-corrected chi connectivity index (χ4v) is 2.45.